The molecule has 0 aliphatic rings. The number of benzene rings is 1. The molecular formula is C10H13F2NO2. The summed E-state index contributed by atoms with van der Waals surface area (Å²) in [6.45, 7) is 3.63. The highest BCUT2D eigenvalue weighted by Crippen LogP contribution is 2.32. The van der Waals surface area contributed by atoms with Crippen molar-refractivity contribution >= 4 is 5.69 Å². The van der Waals surface area contributed by atoms with Gasteiger partial charge in [-0.05, 0) is 31.3 Å². The number of anilines is 1. The predicted octanol–water partition coefficient (Wildman–Crippen LogP) is 3.06. The Hall–Kier alpha value is -1.52. The van der Waals surface area contributed by atoms with Crippen LogP contribution in [-0.4, -0.2) is 13.2 Å². The first kappa shape index (κ1) is 11.6. The molecule has 0 fully saturated rings. The van der Waals surface area contributed by atoms with E-state index in [1.54, 1.807) is 0 Å². The Morgan fingerprint density at radius 2 is 1.87 bits per heavy atom. The van der Waals surface area contributed by atoms with Gasteiger partial charge in [0.2, 0.25) is 0 Å². The van der Waals surface area contributed by atoms with Gasteiger partial charge in [-0.2, -0.15) is 0 Å². The number of hydrogen-bond donors (Lipinski definition) is 0. The van der Waals surface area contributed by atoms with Crippen LogP contribution >= 0.6 is 0 Å². The van der Waals surface area contributed by atoms with Gasteiger partial charge in [-0.3, -0.25) is 0 Å². The number of hydrogen-bond acceptors (Lipinski definition) is 3. The maximum atomic E-state index is 12.3. The quantitative estimate of drug-likeness (QED) is 0.723. The third kappa shape index (κ3) is 2.97. The summed E-state index contributed by atoms with van der Waals surface area (Å²) in [6.07, 6.45) is -0.0955. The molecule has 0 saturated heterocycles. The Labute approximate surface area is 87.1 Å². The van der Waals surface area contributed by atoms with Gasteiger partial charge in [0.25, 0.3) is 0 Å². The molecule has 0 bridgehead atoms. The first-order valence-electron chi connectivity index (χ1n) is 4.51. The topological polar surface area (TPSA) is 21.7 Å². The van der Waals surface area contributed by atoms with Gasteiger partial charge in [0.05, 0.1) is 13.2 Å². The third-order valence-electron chi connectivity index (χ3n) is 1.71. The van der Waals surface area contributed by atoms with Crippen molar-refractivity contribution in [3.8, 4) is 11.5 Å². The zero-order valence-electron chi connectivity index (χ0n) is 8.83. The molecule has 0 unspecified atom stereocenters. The Morgan fingerprint density at radius 3 is 2.33 bits per heavy atom. The molecule has 1 rings (SSSR count). The Bertz CT molecular complexity index is 329. The summed E-state index contributed by atoms with van der Waals surface area (Å²) < 4.78 is 34.8. The molecule has 84 valence electrons. The van der Waals surface area contributed by atoms with Crippen molar-refractivity contribution in [2.45, 2.75) is 20.0 Å². The molecule has 0 atom stereocenters. The minimum atomic E-state index is -0.966. The fourth-order valence-corrected chi connectivity index (χ4v) is 1.12. The van der Waals surface area contributed by atoms with Gasteiger partial charge in [-0.1, -0.05) is 8.96 Å². The van der Waals surface area contributed by atoms with E-state index in [1.165, 1.54) is 25.3 Å². The molecule has 0 aromatic heterocycles. The number of nitrogens with zero attached hydrogens (tertiary/aromatic N) is 1. The molecule has 0 N–H and O–H groups in total. The zero-order valence-corrected chi connectivity index (χ0v) is 8.83. The van der Waals surface area contributed by atoms with Gasteiger partial charge in [-0.15, -0.1) is 0 Å². The molecule has 0 saturated carbocycles. The molecule has 0 aliphatic carbocycles. The summed E-state index contributed by atoms with van der Waals surface area (Å²) >= 11 is 0. The lowest BCUT2D eigenvalue weighted by atomic mass is 10.3. The first-order chi connectivity index (χ1) is 7.04. The second-order valence-corrected chi connectivity index (χ2v) is 3.23. The number of rotatable bonds is 4. The van der Waals surface area contributed by atoms with Gasteiger partial charge < -0.3 is 9.47 Å². The first-order valence-corrected chi connectivity index (χ1v) is 4.51. The summed E-state index contributed by atoms with van der Waals surface area (Å²) in [5.74, 6) is 0.750. The smallest absolute Gasteiger partial charge is 0.163 e. The second-order valence-electron chi connectivity index (χ2n) is 3.23. The summed E-state index contributed by atoms with van der Waals surface area (Å²) in [5.41, 5.74) is -0.230. The molecule has 5 heteroatoms. The monoisotopic (exact) mass is 217 g/mol. The molecular weight excluding hydrogens is 204 g/mol. The average molecular weight is 217 g/mol. The Balaban J connectivity index is 3.02. The van der Waals surface area contributed by atoms with Crippen molar-refractivity contribution in [2.24, 2.45) is 0 Å². The molecule has 0 amide bonds. The van der Waals surface area contributed by atoms with Crippen LogP contribution in [0, 0.1) is 0 Å². The van der Waals surface area contributed by atoms with Crippen LogP contribution in [0.15, 0.2) is 18.2 Å². The second kappa shape index (κ2) is 4.82. The summed E-state index contributed by atoms with van der Waals surface area (Å²) in [5, 5.41) is -0.966. The van der Waals surface area contributed by atoms with Crippen molar-refractivity contribution < 1.29 is 18.4 Å². The fourth-order valence-electron chi connectivity index (χ4n) is 1.12. The molecule has 0 heterocycles. The SMILES string of the molecule is COc1ccc(N(F)F)cc1OC(C)C. The van der Waals surface area contributed by atoms with E-state index in [9.17, 15) is 8.96 Å². The Kier molecular flexibility index (Phi) is 3.71. The van der Waals surface area contributed by atoms with Crippen molar-refractivity contribution in [2.75, 3.05) is 12.5 Å². The standard InChI is InChI=1S/C10H13F2NO2/c1-7(2)15-10-6-8(13(11)12)4-5-9(10)14-3/h4-7H,1-3H3. The van der Waals surface area contributed by atoms with Crippen LogP contribution in [0.2, 0.25) is 0 Å². The number of methoxy groups -OCH3 is 1. The van der Waals surface area contributed by atoms with Gasteiger partial charge in [0.1, 0.15) is 5.69 Å². The summed E-state index contributed by atoms with van der Waals surface area (Å²) in [4.78, 5) is 0. The van der Waals surface area contributed by atoms with Gasteiger partial charge in [0, 0.05) is 6.07 Å². The molecule has 1 aromatic rings. The lowest BCUT2D eigenvalue weighted by Crippen LogP contribution is -2.07. The highest BCUT2D eigenvalue weighted by molar-refractivity contribution is 5.53. The lowest BCUT2D eigenvalue weighted by Gasteiger charge is -2.14. The van der Waals surface area contributed by atoms with Gasteiger partial charge >= 0.3 is 0 Å². The maximum Gasteiger partial charge on any atom is 0.163 e. The van der Waals surface area contributed by atoms with Crippen LogP contribution in [0.25, 0.3) is 0 Å². The van der Waals surface area contributed by atoms with Crippen molar-refractivity contribution in [1.29, 1.82) is 0 Å². The molecule has 15 heavy (non-hydrogen) atoms. The lowest BCUT2D eigenvalue weighted by molar-refractivity contribution is 0.223. The van der Waals surface area contributed by atoms with Crippen LogP contribution in [0.5, 0.6) is 11.5 Å². The highest BCUT2D eigenvalue weighted by atomic mass is 19.4. The molecule has 0 aliphatic heterocycles. The predicted molar refractivity (Wildman–Crippen MR) is 53.5 cm³/mol. The van der Waals surface area contributed by atoms with Crippen molar-refractivity contribution in [3.63, 3.8) is 0 Å². The van der Waals surface area contributed by atoms with E-state index in [0.29, 0.717) is 11.5 Å². The van der Waals surface area contributed by atoms with Crippen LogP contribution in [0.4, 0.5) is 14.6 Å². The van der Waals surface area contributed by atoms with Crippen LogP contribution in [-0.2, 0) is 0 Å². The minimum Gasteiger partial charge on any atom is -0.493 e. The number of halogens is 2. The summed E-state index contributed by atoms with van der Waals surface area (Å²) in [7, 11) is 1.46. The normalized spacial score (nSPS) is 10.3. The van der Waals surface area contributed by atoms with E-state index in [0.717, 1.165) is 0 Å². The van der Waals surface area contributed by atoms with Crippen molar-refractivity contribution in [1.82, 2.24) is 0 Å². The van der Waals surface area contributed by atoms with Crippen molar-refractivity contribution in [3.05, 3.63) is 18.2 Å². The van der Waals surface area contributed by atoms with E-state index in [2.05, 4.69) is 0 Å². The van der Waals surface area contributed by atoms with Gasteiger partial charge in [0.15, 0.2) is 11.5 Å². The maximum absolute atomic E-state index is 12.3. The minimum absolute atomic E-state index is 0.0955. The van der Waals surface area contributed by atoms with E-state index >= 15 is 0 Å². The zero-order chi connectivity index (χ0) is 11.4. The molecule has 0 spiro atoms. The van der Waals surface area contributed by atoms with E-state index in [4.69, 9.17) is 9.47 Å². The van der Waals surface area contributed by atoms with Crippen LogP contribution < -0.4 is 14.8 Å². The van der Waals surface area contributed by atoms with Crippen LogP contribution in [0.3, 0.4) is 0 Å². The molecule has 0 radical (unpaired) electrons. The molecule has 1 aromatic carbocycles. The van der Waals surface area contributed by atoms with Crippen LogP contribution in [0.1, 0.15) is 13.8 Å². The fraction of sp³-hybridized carbons (Fsp3) is 0.400. The van der Waals surface area contributed by atoms with E-state index < -0.39 is 5.34 Å². The van der Waals surface area contributed by atoms with E-state index in [1.807, 2.05) is 13.8 Å². The van der Waals surface area contributed by atoms with Gasteiger partial charge in [-0.25, -0.2) is 0 Å². The largest absolute Gasteiger partial charge is 0.493 e. The molecule has 3 nitrogen and oxygen atoms in total. The third-order valence-corrected chi connectivity index (χ3v) is 1.71. The Morgan fingerprint density at radius 1 is 1.20 bits per heavy atom. The van der Waals surface area contributed by atoms with E-state index in [-0.39, 0.29) is 11.8 Å². The summed E-state index contributed by atoms with van der Waals surface area (Å²) in [6, 6.07) is 3.93. The number of ether oxygens (including phenoxy) is 2. The highest BCUT2D eigenvalue weighted by Gasteiger charge is 2.11. The average Bonchev–Trinajstić information content (AvgIpc) is 2.16.